The fourth-order valence-corrected chi connectivity index (χ4v) is 2.34. The average molecular weight is 248 g/mol. The van der Waals surface area contributed by atoms with E-state index in [0.29, 0.717) is 23.2 Å². The van der Waals surface area contributed by atoms with Gasteiger partial charge in [-0.25, -0.2) is 0 Å². The lowest BCUT2D eigenvalue weighted by Gasteiger charge is -2.22. The molecular formula is C13H20N4O. The molecule has 1 heterocycles. The highest BCUT2D eigenvalue weighted by atomic mass is 16.2. The number of nitrogens with two attached hydrogens (primary N) is 1. The second-order valence-corrected chi connectivity index (χ2v) is 5.71. The molecule has 98 valence electrons. The average Bonchev–Trinajstić information content (AvgIpc) is 3.22. The number of carbonyl (C=O) groups excluding carboxylic acids is 1. The first-order chi connectivity index (χ1) is 8.65. The Morgan fingerprint density at radius 3 is 2.28 bits per heavy atom. The van der Waals surface area contributed by atoms with Crippen molar-refractivity contribution in [2.75, 3.05) is 18.8 Å². The van der Waals surface area contributed by atoms with Crippen LogP contribution in [0.5, 0.6) is 0 Å². The SMILES string of the molecule is Cc1[nH]nc(N)c1C(=O)N(CC1CC1)CC1CC1. The summed E-state index contributed by atoms with van der Waals surface area (Å²) in [5, 5.41) is 6.70. The van der Waals surface area contributed by atoms with Gasteiger partial charge in [-0.05, 0) is 44.4 Å². The number of nitrogen functional groups attached to an aromatic ring is 1. The number of rotatable bonds is 5. The molecule has 0 bridgehead atoms. The molecule has 5 nitrogen and oxygen atoms in total. The van der Waals surface area contributed by atoms with E-state index in [0.717, 1.165) is 18.8 Å². The van der Waals surface area contributed by atoms with E-state index in [-0.39, 0.29) is 5.91 Å². The molecule has 0 aromatic carbocycles. The van der Waals surface area contributed by atoms with Crippen molar-refractivity contribution >= 4 is 11.7 Å². The molecule has 0 spiro atoms. The second kappa shape index (κ2) is 4.30. The standard InChI is InChI=1S/C13H20N4O/c1-8-11(12(14)16-15-8)13(18)17(6-9-2-3-9)7-10-4-5-10/h9-10H,2-7H2,1H3,(H3,14,15,16). The van der Waals surface area contributed by atoms with Gasteiger partial charge < -0.3 is 10.6 Å². The Hall–Kier alpha value is -1.52. The Balaban J connectivity index is 1.77. The number of aromatic nitrogens is 2. The summed E-state index contributed by atoms with van der Waals surface area (Å²) in [4.78, 5) is 14.5. The summed E-state index contributed by atoms with van der Waals surface area (Å²) in [5.74, 6) is 1.80. The lowest BCUT2D eigenvalue weighted by atomic mass is 10.2. The summed E-state index contributed by atoms with van der Waals surface area (Å²) in [6, 6.07) is 0. The lowest BCUT2D eigenvalue weighted by Crippen LogP contribution is -2.35. The van der Waals surface area contributed by atoms with Crippen LogP contribution < -0.4 is 5.73 Å². The number of anilines is 1. The van der Waals surface area contributed by atoms with Gasteiger partial charge in [0.05, 0.1) is 0 Å². The number of amides is 1. The molecule has 3 N–H and O–H groups in total. The molecule has 2 aliphatic carbocycles. The zero-order valence-electron chi connectivity index (χ0n) is 10.8. The molecule has 0 aliphatic heterocycles. The third-order valence-corrected chi connectivity index (χ3v) is 3.83. The highest BCUT2D eigenvalue weighted by Crippen LogP contribution is 2.34. The number of carbonyl (C=O) groups is 1. The summed E-state index contributed by atoms with van der Waals surface area (Å²) in [7, 11) is 0. The first kappa shape index (κ1) is 11.6. The smallest absolute Gasteiger partial charge is 0.259 e. The van der Waals surface area contributed by atoms with Gasteiger partial charge in [0.15, 0.2) is 5.82 Å². The highest BCUT2D eigenvalue weighted by Gasteiger charge is 2.33. The molecule has 0 saturated heterocycles. The van der Waals surface area contributed by atoms with Crippen molar-refractivity contribution in [3.05, 3.63) is 11.3 Å². The van der Waals surface area contributed by atoms with E-state index in [2.05, 4.69) is 10.2 Å². The Bertz CT molecular complexity index is 426. The summed E-state index contributed by atoms with van der Waals surface area (Å²) in [6.45, 7) is 3.63. The van der Waals surface area contributed by atoms with Crippen LogP contribution in [0.1, 0.15) is 41.7 Å². The monoisotopic (exact) mass is 248 g/mol. The fourth-order valence-electron chi connectivity index (χ4n) is 2.34. The van der Waals surface area contributed by atoms with Gasteiger partial charge in [0.2, 0.25) is 0 Å². The molecule has 1 amide bonds. The quantitative estimate of drug-likeness (QED) is 0.830. The van der Waals surface area contributed by atoms with E-state index >= 15 is 0 Å². The normalized spacial score (nSPS) is 18.9. The minimum atomic E-state index is 0.0533. The summed E-state index contributed by atoms with van der Waals surface area (Å²) in [6.07, 6.45) is 5.03. The number of hydrogen-bond acceptors (Lipinski definition) is 3. The number of hydrogen-bond donors (Lipinski definition) is 2. The third-order valence-electron chi connectivity index (χ3n) is 3.83. The number of nitrogens with zero attached hydrogens (tertiary/aromatic N) is 2. The molecule has 1 aromatic heterocycles. The first-order valence-corrected chi connectivity index (χ1v) is 6.75. The van der Waals surface area contributed by atoms with Crippen molar-refractivity contribution in [1.29, 1.82) is 0 Å². The van der Waals surface area contributed by atoms with Crippen LogP contribution >= 0.6 is 0 Å². The summed E-state index contributed by atoms with van der Waals surface area (Å²) >= 11 is 0. The van der Waals surface area contributed by atoms with Crippen LogP contribution in [0.3, 0.4) is 0 Å². The number of aryl methyl sites for hydroxylation is 1. The summed E-state index contributed by atoms with van der Waals surface area (Å²) in [5.41, 5.74) is 7.12. The number of H-pyrrole nitrogens is 1. The van der Waals surface area contributed by atoms with Crippen LogP contribution in [0, 0.1) is 18.8 Å². The van der Waals surface area contributed by atoms with Gasteiger partial charge in [0, 0.05) is 18.8 Å². The van der Waals surface area contributed by atoms with Gasteiger partial charge in [0.25, 0.3) is 5.91 Å². The van der Waals surface area contributed by atoms with Crippen molar-refractivity contribution in [3.8, 4) is 0 Å². The van der Waals surface area contributed by atoms with Crippen molar-refractivity contribution in [3.63, 3.8) is 0 Å². The van der Waals surface area contributed by atoms with Crippen LogP contribution in [0.2, 0.25) is 0 Å². The molecule has 18 heavy (non-hydrogen) atoms. The van der Waals surface area contributed by atoms with Crippen molar-refractivity contribution in [1.82, 2.24) is 15.1 Å². The van der Waals surface area contributed by atoms with Crippen LogP contribution in [0.4, 0.5) is 5.82 Å². The minimum Gasteiger partial charge on any atom is -0.382 e. The molecule has 1 aromatic rings. The van der Waals surface area contributed by atoms with Gasteiger partial charge in [-0.2, -0.15) is 5.10 Å². The molecule has 0 atom stereocenters. The molecular weight excluding hydrogens is 228 g/mol. The minimum absolute atomic E-state index is 0.0533. The highest BCUT2D eigenvalue weighted by molar-refractivity contribution is 5.99. The second-order valence-electron chi connectivity index (χ2n) is 5.71. The van der Waals surface area contributed by atoms with Gasteiger partial charge in [-0.1, -0.05) is 0 Å². The van der Waals surface area contributed by atoms with Crippen molar-refractivity contribution in [2.45, 2.75) is 32.6 Å². The molecule has 0 radical (unpaired) electrons. The fraction of sp³-hybridized carbons (Fsp3) is 0.692. The molecule has 2 fully saturated rings. The zero-order chi connectivity index (χ0) is 12.7. The number of aromatic amines is 1. The zero-order valence-corrected chi connectivity index (χ0v) is 10.8. The van der Waals surface area contributed by atoms with Gasteiger partial charge in [-0.3, -0.25) is 9.89 Å². The predicted molar refractivity (Wildman–Crippen MR) is 69.1 cm³/mol. The molecule has 2 aliphatic rings. The largest absolute Gasteiger partial charge is 0.382 e. The Kier molecular flexibility index (Phi) is 2.76. The van der Waals surface area contributed by atoms with Gasteiger partial charge >= 0.3 is 0 Å². The van der Waals surface area contributed by atoms with Gasteiger partial charge in [0.1, 0.15) is 5.56 Å². The van der Waals surface area contributed by atoms with Crippen LogP contribution in [-0.4, -0.2) is 34.1 Å². The summed E-state index contributed by atoms with van der Waals surface area (Å²) < 4.78 is 0. The Morgan fingerprint density at radius 2 is 1.89 bits per heavy atom. The number of nitrogens with one attached hydrogen (secondary N) is 1. The maximum Gasteiger partial charge on any atom is 0.259 e. The molecule has 2 saturated carbocycles. The maximum atomic E-state index is 12.6. The van der Waals surface area contributed by atoms with Crippen LogP contribution in [0.15, 0.2) is 0 Å². The van der Waals surface area contributed by atoms with Crippen LogP contribution in [-0.2, 0) is 0 Å². The molecule has 5 heteroatoms. The van der Waals surface area contributed by atoms with E-state index in [9.17, 15) is 4.79 Å². The molecule has 3 rings (SSSR count). The van der Waals surface area contributed by atoms with E-state index in [1.54, 1.807) is 0 Å². The lowest BCUT2D eigenvalue weighted by molar-refractivity contribution is 0.0740. The van der Waals surface area contributed by atoms with E-state index in [1.807, 2.05) is 11.8 Å². The van der Waals surface area contributed by atoms with E-state index in [4.69, 9.17) is 5.73 Å². The Morgan fingerprint density at radius 1 is 1.33 bits per heavy atom. The van der Waals surface area contributed by atoms with Gasteiger partial charge in [-0.15, -0.1) is 0 Å². The molecule has 0 unspecified atom stereocenters. The third kappa shape index (κ3) is 2.35. The Labute approximate surface area is 107 Å². The first-order valence-electron chi connectivity index (χ1n) is 6.75. The van der Waals surface area contributed by atoms with E-state index < -0.39 is 0 Å². The van der Waals surface area contributed by atoms with E-state index in [1.165, 1.54) is 25.7 Å². The topological polar surface area (TPSA) is 75.0 Å². The maximum absolute atomic E-state index is 12.6. The van der Waals surface area contributed by atoms with Crippen molar-refractivity contribution in [2.24, 2.45) is 11.8 Å². The van der Waals surface area contributed by atoms with Crippen LogP contribution in [0.25, 0.3) is 0 Å². The predicted octanol–water partition coefficient (Wildman–Crippen LogP) is 1.56. The van der Waals surface area contributed by atoms with Crippen molar-refractivity contribution < 1.29 is 4.79 Å².